The molecule has 0 saturated carbocycles. The predicted octanol–water partition coefficient (Wildman–Crippen LogP) is 2.22. The molecule has 0 atom stereocenters. The van der Waals surface area contributed by atoms with E-state index in [1.165, 1.54) is 0 Å². The van der Waals surface area contributed by atoms with E-state index in [0.717, 1.165) is 17.6 Å². The summed E-state index contributed by atoms with van der Waals surface area (Å²) in [5, 5.41) is 3.11. The molecule has 5 heteroatoms. The third kappa shape index (κ3) is 4.23. The molecule has 1 aromatic carbocycles. The van der Waals surface area contributed by atoms with Gasteiger partial charge in [-0.1, -0.05) is 22.9 Å². The lowest BCUT2D eigenvalue weighted by Gasteiger charge is -2.04. The number of halogens is 1. The van der Waals surface area contributed by atoms with Gasteiger partial charge in [-0.2, -0.15) is 0 Å². The van der Waals surface area contributed by atoms with Gasteiger partial charge in [0.2, 0.25) is 0 Å². The van der Waals surface area contributed by atoms with Crippen molar-refractivity contribution in [2.24, 2.45) is 0 Å². The lowest BCUT2D eigenvalue weighted by atomic mass is 10.4. The van der Waals surface area contributed by atoms with Crippen LogP contribution in [0.3, 0.4) is 0 Å². The second-order valence-corrected chi connectivity index (χ2v) is 6.50. The molecule has 0 amide bonds. The summed E-state index contributed by atoms with van der Waals surface area (Å²) < 4.78 is 24.6. The van der Waals surface area contributed by atoms with Gasteiger partial charge in [0.25, 0.3) is 0 Å². The second-order valence-electron chi connectivity index (χ2n) is 3.48. The number of hydrogen-bond acceptors (Lipinski definition) is 3. The van der Waals surface area contributed by atoms with Crippen molar-refractivity contribution in [2.75, 3.05) is 18.8 Å². The molecular formula is C11H16BrNO2S. The third-order valence-corrected chi connectivity index (χ3v) is 4.53. The number of rotatable bonds is 6. The van der Waals surface area contributed by atoms with Gasteiger partial charge >= 0.3 is 0 Å². The maximum Gasteiger partial charge on any atom is 0.178 e. The van der Waals surface area contributed by atoms with Gasteiger partial charge < -0.3 is 5.32 Å². The van der Waals surface area contributed by atoms with E-state index in [2.05, 4.69) is 21.2 Å². The van der Waals surface area contributed by atoms with E-state index in [1.807, 2.05) is 6.92 Å². The molecule has 1 rings (SSSR count). The van der Waals surface area contributed by atoms with Crippen LogP contribution in [0.4, 0.5) is 0 Å². The van der Waals surface area contributed by atoms with Crippen molar-refractivity contribution in [2.45, 2.75) is 18.2 Å². The highest BCUT2D eigenvalue weighted by molar-refractivity contribution is 9.10. The molecule has 0 aliphatic heterocycles. The number of benzene rings is 1. The van der Waals surface area contributed by atoms with E-state index in [-0.39, 0.29) is 5.75 Å². The van der Waals surface area contributed by atoms with Crippen molar-refractivity contribution < 1.29 is 8.42 Å². The number of sulfone groups is 1. The average molecular weight is 306 g/mol. The monoisotopic (exact) mass is 305 g/mol. The Balaban J connectivity index is 2.60. The molecule has 0 aromatic heterocycles. The highest BCUT2D eigenvalue weighted by Gasteiger charge is 2.13. The predicted molar refractivity (Wildman–Crippen MR) is 69.4 cm³/mol. The lowest BCUT2D eigenvalue weighted by molar-refractivity contribution is 0.590. The first-order valence-electron chi connectivity index (χ1n) is 5.25. The van der Waals surface area contributed by atoms with Crippen LogP contribution in [0.5, 0.6) is 0 Å². The summed E-state index contributed by atoms with van der Waals surface area (Å²) in [4.78, 5) is 0.396. The van der Waals surface area contributed by atoms with Crippen LogP contribution in [0, 0.1) is 0 Å². The molecule has 0 radical (unpaired) electrons. The van der Waals surface area contributed by atoms with Gasteiger partial charge in [-0.25, -0.2) is 8.42 Å². The molecule has 0 heterocycles. The average Bonchev–Trinajstić information content (AvgIpc) is 2.25. The Labute approximate surface area is 105 Å². The Morgan fingerprint density at radius 1 is 1.25 bits per heavy atom. The Kier molecular flexibility index (Phi) is 5.44. The fourth-order valence-corrected chi connectivity index (χ4v) is 2.90. The molecule has 0 aliphatic carbocycles. The number of nitrogens with one attached hydrogen (secondary N) is 1. The zero-order chi connectivity index (χ0) is 12.0. The van der Waals surface area contributed by atoms with Crippen molar-refractivity contribution in [3.8, 4) is 0 Å². The van der Waals surface area contributed by atoms with Crippen LogP contribution in [0.1, 0.15) is 13.3 Å². The minimum atomic E-state index is -3.12. The molecule has 0 unspecified atom stereocenters. The van der Waals surface area contributed by atoms with Gasteiger partial charge in [0.15, 0.2) is 9.84 Å². The van der Waals surface area contributed by atoms with Gasteiger partial charge in [0.05, 0.1) is 10.6 Å². The zero-order valence-corrected chi connectivity index (χ0v) is 11.6. The van der Waals surface area contributed by atoms with Crippen LogP contribution in [0.2, 0.25) is 0 Å². The molecular weight excluding hydrogens is 290 g/mol. The van der Waals surface area contributed by atoms with E-state index in [0.29, 0.717) is 11.3 Å². The van der Waals surface area contributed by atoms with E-state index in [4.69, 9.17) is 0 Å². The van der Waals surface area contributed by atoms with E-state index >= 15 is 0 Å². The van der Waals surface area contributed by atoms with Crippen molar-refractivity contribution in [3.05, 3.63) is 28.7 Å². The normalized spacial score (nSPS) is 11.6. The van der Waals surface area contributed by atoms with Crippen molar-refractivity contribution in [1.29, 1.82) is 0 Å². The zero-order valence-electron chi connectivity index (χ0n) is 9.24. The standard InChI is InChI=1S/C11H16BrNO2S/c1-2-13-8-3-9-16(14,15)11-6-4-10(12)5-7-11/h4-7,13H,2-3,8-9H2,1H3. The van der Waals surface area contributed by atoms with Crippen LogP contribution < -0.4 is 5.32 Å². The first kappa shape index (κ1) is 13.7. The Morgan fingerprint density at radius 2 is 1.88 bits per heavy atom. The maximum atomic E-state index is 11.9. The Bertz CT molecular complexity index is 414. The summed E-state index contributed by atoms with van der Waals surface area (Å²) in [7, 11) is -3.12. The first-order valence-corrected chi connectivity index (χ1v) is 7.70. The smallest absolute Gasteiger partial charge is 0.178 e. The Hall–Kier alpha value is -0.390. The molecule has 90 valence electrons. The van der Waals surface area contributed by atoms with Crippen molar-refractivity contribution in [1.82, 2.24) is 5.32 Å². The SMILES string of the molecule is CCNCCCS(=O)(=O)c1ccc(Br)cc1. The molecule has 0 saturated heterocycles. The molecule has 1 N–H and O–H groups in total. The fraction of sp³-hybridized carbons (Fsp3) is 0.455. The van der Waals surface area contributed by atoms with Crippen LogP contribution in [0.15, 0.2) is 33.6 Å². The van der Waals surface area contributed by atoms with Crippen molar-refractivity contribution >= 4 is 25.8 Å². The summed E-state index contributed by atoms with van der Waals surface area (Å²) in [6.07, 6.45) is 0.645. The number of hydrogen-bond donors (Lipinski definition) is 1. The summed E-state index contributed by atoms with van der Waals surface area (Å²) in [6, 6.07) is 6.76. The van der Waals surface area contributed by atoms with E-state index in [1.54, 1.807) is 24.3 Å². The highest BCUT2D eigenvalue weighted by Crippen LogP contribution is 2.16. The largest absolute Gasteiger partial charge is 0.317 e. The molecule has 0 spiro atoms. The molecule has 0 aliphatic rings. The second kappa shape index (κ2) is 6.37. The van der Waals surface area contributed by atoms with Gasteiger partial charge in [-0.05, 0) is 43.8 Å². The van der Waals surface area contributed by atoms with Crippen molar-refractivity contribution in [3.63, 3.8) is 0 Å². The Morgan fingerprint density at radius 3 is 2.44 bits per heavy atom. The minimum absolute atomic E-state index is 0.196. The van der Waals surface area contributed by atoms with Gasteiger partial charge in [-0.15, -0.1) is 0 Å². The third-order valence-electron chi connectivity index (χ3n) is 2.19. The lowest BCUT2D eigenvalue weighted by Crippen LogP contribution is -2.18. The van der Waals surface area contributed by atoms with E-state index in [9.17, 15) is 8.42 Å². The molecule has 0 fully saturated rings. The fourth-order valence-electron chi connectivity index (χ4n) is 1.32. The summed E-state index contributed by atoms with van der Waals surface area (Å²) in [6.45, 7) is 3.62. The quantitative estimate of drug-likeness (QED) is 0.820. The minimum Gasteiger partial charge on any atom is -0.317 e. The molecule has 3 nitrogen and oxygen atoms in total. The summed E-state index contributed by atoms with van der Waals surface area (Å²) >= 11 is 3.28. The van der Waals surface area contributed by atoms with Gasteiger partial charge in [0, 0.05) is 4.47 Å². The first-order chi connectivity index (χ1) is 7.56. The molecule has 16 heavy (non-hydrogen) atoms. The topological polar surface area (TPSA) is 46.2 Å². The van der Waals surface area contributed by atoms with Gasteiger partial charge in [-0.3, -0.25) is 0 Å². The van der Waals surface area contributed by atoms with E-state index < -0.39 is 9.84 Å². The van der Waals surface area contributed by atoms with Gasteiger partial charge in [0.1, 0.15) is 0 Å². The van der Waals surface area contributed by atoms with Crippen LogP contribution in [-0.4, -0.2) is 27.3 Å². The van der Waals surface area contributed by atoms with Crippen LogP contribution >= 0.6 is 15.9 Å². The molecule has 0 bridgehead atoms. The summed E-state index contributed by atoms with van der Waals surface area (Å²) in [5.74, 6) is 0.196. The molecule has 1 aromatic rings. The van der Waals surface area contributed by atoms with Crippen LogP contribution in [-0.2, 0) is 9.84 Å². The maximum absolute atomic E-state index is 11.9. The highest BCUT2D eigenvalue weighted by atomic mass is 79.9. The van der Waals surface area contributed by atoms with Crippen LogP contribution in [0.25, 0.3) is 0 Å². The summed E-state index contributed by atoms with van der Waals surface area (Å²) in [5.41, 5.74) is 0.